The molecule has 3 aliphatic rings. The van der Waals surface area contributed by atoms with Gasteiger partial charge in [0.25, 0.3) is 0 Å². The lowest BCUT2D eigenvalue weighted by Crippen LogP contribution is -2.36. The standard InChI is InChI=1S/C43H46O3/c1-5-8-9-14-29-45-33-25-21-31(22-26-33)43(30-19-23-32(44-4)24-20-30)28-27-37-40-39(34-15-10-11-16-35(34)41(37)46-43)36-17-12-13-18-38(36)42(40,6-2)7-3/h10-13,15-19,21-23,25-28H,5-9,14,20,24,29H2,1-4H3. The molecule has 46 heavy (non-hydrogen) atoms. The van der Waals surface area contributed by atoms with Crippen LogP contribution in [0.4, 0.5) is 0 Å². The maximum atomic E-state index is 7.53. The SMILES string of the molecule is CCCCCCOc1ccc(C2(C3=CC=C(OC)CC3)C=Cc3c4c(c5ccccc5c3O2)-c2ccccc2C4(CC)CC)cc1. The van der Waals surface area contributed by atoms with E-state index in [1.54, 1.807) is 7.11 Å². The summed E-state index contributed by atoms with van der Waals surface area (Å²) in [6.45, 7) is 7.67. The fourth-order valence-corrected chi connectivity index (χ4v) is 8.23. The van der Waals surface area contributed by atoms with Crippen LogP contribution >= 0.6 is 0 Å². The monoisotopic (exact) mass is 610 g/mol. The van der Waals surface area contributed by atoms with Crippen molar-refractivity contribution < 1.29 is 14.2 Å². The number of fused-ring (bicyclic) bond motifs is 8. The van der Waals surface area contributed by atoms with E-state index in [1.807, 2.05) is 0 Å². The molecule has 1 aliphatic heterocycles. The number of unbranched alkanes of at least 4 members (excludes halogenated alkanes) is 3. The highest BCUT2D eigenvalue weighted by Gasteiger charge is 2.47. The first-order chi connectivity index (χ1) is 22.6. The quantitative estimate of drug-likeness (QED) is 0.158. The van der Waals surface area contributed by atoms with E-state index in [-0.39, 0.29) is 5.41 Å². The molecule has 1 heterocycles. The van der Waals surface area contributed by atoms with E-state index >= 15 is 0 Å². The number of rotatable bonds is 11. The zero-order valence-electron chi connectivity index (χ0n) is 27.8. The average Bonchev–Trinajstić information content (AvgIpc) is 3.42. The molecule has 3 nitrogen and oxygen atoms in total. The van der Waals surface area contributed by atoms with E-state index in [0.717, 1.165) is 61.5 Å². The predicted molar refractivity (Wildman–Crippen MR) is 191 cm³/mol. The van der Waals surface area contributed by atoms with Crippen LogP contribution in [0.1, 0.15) is 94.4 Å². The van der Waals surface area contributed by atoms with E-state index in [4.69, 9.17) is 14.2 Å². The van der Waals surface area contributed by atoms with Crippen LogP contribution < -0.4 is 9.47 Å². The Bertz CT molecular complexity index is 1840. The molecule has 7 rings (SSSR count). The van der Waals surface area contributed by atoms with Gasteiger partial charge in [-0.1, -0.05) is 113 Å². The average molecular weight is 611 g/mol. The van der Waals surface area contributed by atoms with E-state index in [1.165, 1.54) is 63.4 Å². The van der Waals surface area contributed by atoms with Gasteiger partial charge in [0, 0.05) is 28.3 Å². The van der Waals surface area contributed by atoms with Crippen LogP contribution in [0.3, 0.4) is 0 Å². The summed E-state index contributed by atoms with van der Waals surface area (Å²) in [7, 11) is 1.76. The van der Waals surface area contributed by atoms with Crippen molar-refractivity contribution in [2.24, 2.45) is 0 Å². The lowest BCUT2D eigenvalue weighted by atomic mass is 9.71. The molecule has 2 aliphatic carbocycles. The largest absolute Gasteiger partial charge is 0.501 e. The summed E-state index contributed by atoms with van der Waals surface area (Å²) in [6.07, 6.45) is 17.6. The summed E-state index contributed by atoms with van der Waals surface area (Å²) < 4.78 is 19.3. The molecule has 4 aromatic carbocycles. The molecule has 0 amide bonds. The minimum atomic E-state index is -0.744. The van der Waals surface area contributed by atoms with Crippen LogP contribution in [0.15, 0.2) is 102 Å². The molecule has 1 atom stereocenters. The van der Waals surface area contributed by atoms with Gasteiger partial charge in [-0.15, -0.1) is 0 Å². The highest BCUT2D eigenvalue weighted by molar-refractivity contribution is 6.08. The van der Waals surface area contributed by atoms with Gasteiger partial charge in [-0.25, -0.2) is 0 Å². The van der Waals surface area contributed by atoms with E-state index in [9.17, 15) is 0 Å². The third-order valence-electron chi connectivity index (χ3n) is 10.8. The normalized spacial score (nSPS) is 19.0. The van der Waals surface area contributed by atoms with Gasteiger partial charge < -0.3 is 14.2 Å². The van der Waals surface area contributed by atoms with Crippen molar-refractivity contribution in [2.75, 3.05) is 13.7 Å². The van der Waals surface area contributed by atoms with Crippen molar-refractivity contribution in [3.05, 3.63) is 125 Å². The summed E-state index contributed by atoms with van der Waals surface area (Å²) in [4.78, 5) is 0. The van der Waals surface area contributed by atoms with E-state index in [0.29, 0.717) is 0 Å². The zero-order chi connectivity index (χ0) is 31.7. The molecule has 0 aromatic heterocycles. The molecule has 0 fully saturated rings. The summed E-state index contributed by atoms with van der Waals surface area (Å²) in [5.74, 6) is 2.89. The molecule has 0 bridgehead atoms. The van der Waals surface area contributed by atoms with E-state index in [2.05, 4.69) is 118 Å². The third-order valence-corrected chi connectivity index (χ3v) is 10.8. The van der Waals surface area contributed by atoms with Crippen LogP contribution in [0.2, 0.25) is 0 Å². The van der Waals surface area contributed by atoms with Crippen LogP contribution in [-0.2, 0) is 15.8 Å². The molecular weight excluding hydrogens is 564 g/mol. The highest BCUT2D eigenvalue weighted by Crippen LogP contribution is 2.60. The number of hydrogen-bond donors (Lipinski definition) is 0. The second kappa shape index (κ2) is 12.5. The summed E-state index contributed by atoms with van der Waals surface area (Å²) >= 11 is 0. The Hall–Kier alpha value is -4.24. The molecule has 1 unspecified atom stereocenters. The third kappa shape index (κ3) is 4.78. The number of methoxy groups -OCH3 is 1. The molecular formula is C43H46O3. The van der Waals surface area contributed by atoms with Crippen LogP contribution in [0.25, 0.3) is 28.0 Å². The molecule has 3 heteroatoms. The summed E-state index contributed by atoms with van der Waals surface area (Å²) in [5, 5.41) is 2.43. The smallest absolute Gasteiger partial charge is 0.174 e. The molecule has 236 valence electrons. The van der Waals surface area contributed by atoms with Gasteiger partial charge in [-0.05, 0) is 83.2 Å². The Balaban J connectivity index is 1.39. The Kier molecular flexibility index (Phi) is 8.27. The predicted octanol–water partition coefficient (Wildman–Crippen LogP) is 11.4. The van der Waals surface area contributed by atoms with Gasteiger partial charge >= 0.3 is 0 Å². The Morgan fingerprint density at radius 2 is 1.54 bits per heavy atom. The molecule has 0 spiro atoms. The number of ether oxygens (including phenoxy) is 3. The first-order valence-electron chi connectivity index (χ1n) is 17.3. The first-order valence-corrected chi connectivity index (χ1v) is 17.3. The van der Waals surface area contributed by atoms with Gasteiger partial charge in [-0.3, -0.25) is 0 Å². The van der Waals surface area contributed by atoms with Crippen LogP contribution in [0.5, 0.6) is 11.5 Å². The molecule has 0 saturated carbocycles. The Morgan fingerprint density at radius 3 is 2.26 bits per heavy atom. The maximum absolute atomic E-state index is 7.53. The molecule has 4 aromatic rings. The summed E-state index contributed by atoms with van der Waals surface area (Å²) in [6, 6.07) is 26.5. The second-order valence-corrected chi connectivity index (χ2v) is 13.0. The van der Waals surface area contributed by atoms with E-state index < -0.39 is 5.60 Å². The number of benzene rings is 4. The van der Waals surface area contributed by atoms with Crippen molar-refractivity contribution in [3.8, 4) is 22.6 Å². The molecule has 0 saturated heterocycles. The van der Waals surface area contributed by atoms with Crippen LogP contribution in [-0.4, -0.2) is 13.7 Å². The minimum Gasteiger partial charge on any atom is -0.501 e. The Labute approximate surface area is 274 Å². The fraction of sp³-hybridized carbons (Fsp3) is 0.349. The second-order valence-electron chi connectivity index (χ2n) is 13.0. The Morgan fingerprint density at radius 1 is 0.783 bits per heavy atom. The van der Waals surface area contributed by atoms with Gasteiger partial charge in [-0.2, -0.15) is 0 Å². The molecule has 0 N–H and O–H groups in total. The van der Waals surface area contributed by atoms with Crippen molar-refractivity contribution in [2.45, 2.75) is 83.2 Å². The van der Waals surface area contributed by atoms with Gasteiger partial charge in [0.1, 0.15) is 11.5 Å². The van der Waals surface area contributed by atoms with Gasteiger partial charge in [0.05, 0.1) is 19.5 Å². The molecule has 0 radical (unpaired) electrons. The topological polar surface area (TPSA) is 27.7 Å². The number of hydrogen-bond acceptors (Lipinski definition) is 3. The first kappa shape index (κ1) is 30.4. The van der Waals surface area contributed by atoms with Crippen molar-refractivity contribution >= 4 is 16.8 Å². The summed E-state index contributed by atoms with van der Waals surface area (Å²) in [5.41, 5.74) is 8.35. The lowest BCUT2D eigenvalue weighted by Gasteiger charge is -2.41. The van der Waals surface area contributed by atoms with Crippen LogP contribution in [0, 0.1) is 0 Å². The minimum absolute atomic E-state index is 0.0654. The zero-order valence-corrected chi connectivity index (χ0v) is 27.8. The fourth-order valence-electron chi connectivity index (χ4n) is 8.23. The highest BCUT2D eigenvalue weighted by atomic mass is 16.5. The van der Waals surface area contributed by atoms with Crippen molar-refractivity contribution in [1.82, 2.24) is 0 Å². The van der Waals surface area contributed by atoms with Gasteiger partial charge in [0.15, 0.2) is 5.60 Å². The maximum Gasteiger partial charge on any atom is 0.174 e. The lowest BCUT2D eigenvalue weighted by molar-refractivity contribution is 0.151. The number of allylic oxidation sites excluding steroid dienone is 3. The van der Waals surface area contributed by atoms with Gasteiger partial charge in [0.2, 0.25) is 0 Å². The van der Waals surface area contributed by atoms with Crippen molar-refractivity contribution in [1.29, 1.82) is 0 Å². The van der Waals surface area contributed by atoms with Crippen molar-refractivity contribution in [3.63, 3.8) is 0 Å².